The van der Waals surface area contributed by atoms with E-state index in [1.165, 1.54) is 9.80 Å². The third-order valence-electron chi connectivity index (χ3n) is 7.10. The molecular formula is C27H25ClN2O5. The lowest BCUT2D eigenvalue weighted by molar-refractivity contribution is -0.139. The molecule has 2 aromatic rings. The van der Waals surface area contributed by atoms with Crippen LogP contribution in [0, 0.1) is 30.6 Å². The highest BCUT2D eigenvalue weighted by molar-refractivity contribution is 6.34. The van der Waals surface area contributed by atoms with Gasteiger partial charge in [0, 0.05) is 13.0 Å². The molecule has 0 radical (unpaired) electrons. The summed E-state index contributed by atoms with van der Waals surface area (Å²) in [5.74, 6) is -2.07. The summed E-state index contributed by atoms with van der Waals surface area (Å²) in [6.45, 7) is 3.91. The van der Waals surface area contributed by atoms with Crippen LogP contribution in [-0.4, -0.2) is 30.2 Å². The van der Waals surface area contributed by atoms with Gasteiger partial charge in [0.15, 0.2) is 0 Å². The molecule has 4 atom stereocenters. The van der Waals surface area contributed by atoms with Gasteiger partial charge < -0.3 is 9.64 Å². The van der Waals surface area contributed by atoms with Crippen molar-refractivity contribution in [2.75, 3.05) is 16.3 Å². The second-order valence-electron chi connectivity index (χ2n) is 9.39. The number of hydrogen-bond acceptors (Lipinski definition) is 5. The maximum absolute atomic E-state index is 13.1. The van der Waals surface area contributed by atoms with Gasteiger partial charge in [-0.3, -0.25) is 19.2 Å². The third kappa shape index (κ3) is 4.04. The number of carbonyl (C=O) groups is 4. The molecule has 7 nitrogen and oxygen atoms in total. The number of carbonyl (C=O) groups excluding carboxylic acids is 4. The fraction of sp³-hybridized carbons (Fsp3) is 0.333. The minimum Gasteiger partial charge on any atom is -0.426 e. The normalized spacial score (nSPS) is 25.9. The highest BCUT2D eigenvalue weighted by atomic mass is 35.5. The van der Waals surface area contributed by atoms with E-state index in [0.717, 1.165) is 0 Å². The monoisotopic (exact) mass is 492 g/mol. The van der Waals surface area contributed by atoms with E-state index in [1.54, 1.807) is 49.4 Å². The summed E-state index contributed by atoms with van der Waals surface area (Å²) >= 11 is 6.22. The van der Waals surface area contributed by atoms with E-state index < -0.39 is 11.9 Å². The Morgan fingerprint density at radius 3 is 2.54 bits per heavy atom. The number of anilines is 2. The molecular weight excluding hydrogens is 468 g/mol. The summed E-state index contributed by atoms with van der Waals surface area (Å²) in [5.41, 5.74) is 1.72. The zero-order valence-electron chi connectivity index (χ0n) is 19.4. The first-order valence-electron chi connectivity index (χ1n) is 11.7. The first-order chi connectivity index (χ1) is 16.8. The summed E-state index contributed by atoms with van der Waals surface area (Å²) in [7, 11) is 0. The van der Waals surface area contributed by atoms with Crippen molar-refractivity contribution in [3.8, 4) is 5.75 Å². The Morgan fingerprint density at radius 2 is 1.83 bits per heavy atom. The van der Waals surface area contributed by atoms with Crippen LogP contribution >= 0.6 is 11.6 Å². The second-order valence-corrected chi connectivity index (χ2v) is 9.80. The van der Waals surface area contributed by atoms with Gasteiger partial charge in [-0.2, -0.15) is 0 Å². The molecule has 180 valence electrons. The summed E-state index contributed by atoms with van der Waals surface area (Å²) in [6.07, 6.45) is 4.56. The molecule has 0 N–H and O–H groups in total. The molecule has 0 aromatic heterocycles. The van der Waals surface area contributed by atoms with Crippen LogP contribution in [0.25, 0.3) is 0 Å². The minimum atomic E-state index is -0.627. The van der Waals surface area contributed by atoms with Crippen molar-refractivity contribution in [1.29, 1.82) is 0 Å². The van der Waals surface area contributed by atoms with Crippen LogP contribution in [0.5, 0.6) is 5.75 Å². The Labute approximate surface area is 208 Å². The van der Waals surface area contributed by atoms with Gasteiger partial charge in [0.1, 0.15) is 5.75 Å². The van der Waals surface area contributed by atoms with Gasteiger partial charge >= 0.3 is 5.97 Å². The molecule has 35 heavy (non-hydrogen) atoms. The maximum atomic E-state index is 13.1. The molecule has 2 saturated heterocycles. The van der Waals surface area contributed by atoms with Gasteiger partial charge in [-0.05, 0) is 55.2 Å². The largest absolute Gasteiger partial charge is 0.426 e. The number of para-hydroxylation sites is 1. The number of rotatable bonds is 4. The Hall–Kier alpha value is -3.45. The summed E-state index contributed by atoms with van der Waals surface area (Å²) in [4.78, 5) is 54.2. The van der Waals surface area contributed by atoms with E-state index in [4.69, 9.17) is 16.3 Å². The van der Waals surface area contributed by atoms with Crippen LogP contribution in [0.15, 0.2) is 54.6 Å². The standard InChI is InChI=1S/C27H25ClN2O5/c1-15-6-5-7-19-24(15)26(33)30(25(19)32)21-11-10-18(12-16(21)2)35-27(34)17-13-23(31)29(14-17)22-9-4-3-8-20(22)28/h3-6,8-12,15,17,19,24H,7,13-14H2,1-2H3/t15-,17-,19-,24+/m1/s1. The number of halogens is 1. The highest BCUT2D eigenvalue weighted by Gasteiger charge is 2.50. The average molecular weight is 493 g/mol. The fourth-order valence-corrected chi connectivity index (χ4v) is 5.53. The zero-order valence-corrected chi connectivity index (χ0v) is 20.2. The molecule has 2 fully saturated rings. The molecule has 0 saturated carbocycles. The number of aryl methyl sites for hydroxylation is 1. The zero-order chi connectivity index (χ0) is 24.9. The maximum Gasteiger partial charge on any atom is 0.316 e. The van der Waals surface area contributed by atoms with E-state index in [1.807, 2.05) is 19.1 Å². The van der Waals surface area contributed by atoms with Crippen molar-refractivity contribution in [2.24, 2.45) is 23.7 Å². The number of esters is 1. The SMILES string of the molecule is Cc1cc(OC(=O)[C@@H]2CC(=O)N(c3ccccc3Cl)C2)ccc1N1C(=O)[C@H]2[C@H](C)C=CC[C@H]2C1=O. The van der Waals surface area contributed by atoms with Gasteiger partial charge in [-0.15, -0.1) is 0 Å². The van der Waals surface area contributed by atoms with Crippen molar-refractivity contribution in [3.05, 3.63) is 65.2 Å². The third-order valence-corrected chi connectivity index (χ3v) is 7.42. The predicted octanol–water partition coefficient (Wildman–Crippen LogP) is 4.31. The van der Waals surface area contributed by atoms with Crippen molar-refractivity contribution in [2.45, 2.75) is 26.7 Å². The smallest absolute Gasteiger partial charge is 0.316 e. The second kappa shape index (κ2) is 8.96. The lowest BCUT2D eigenvalue weighted by Crippen LogP contribution is -2.32. The first kappa shape index (κ1) is 23.3. The van der Waals surface area contributed by atoms with Gasteiger partial charge in [0.05, 0.1) is 34.2 Å². The van der Waals surface area contributed by atoms with Crippen LogP contribution in [0.1, 0.15) is 25.3 Å². The molecule has 0 spiro atoms. The molecule has 2 aliphatic heterocycles. The number of benzene rings is 2. The summed E-state index contributed by atoms with van der Waals surface area (Å²) in [5, 5.41) is 0.442. The van der Waals surface area contributed by atoms with Gasteiger partial charge in [-0.1, -0.05) is 42.8 Å². The first-order valence-corrected chi connectivity index (χ1v) is 12.1. The molecule has 2 aromatic carbocycles. The van der Waals surface area contributed by atoms with Crippen molar-refractivity contribution < 1.29 is 23.9 Å². The number of allylic oxidation sites excluding steroid dienone is 2. The molecule has 0 bridgehead atoms. The quantitative estimate of drug-likeness (QED) is 0.275. The lowest BCUT2D eigenvalue weighted by atomic mass is 9.78. The molecule has 0 unspecified atom stereocenters. The fourth-order valence-electron chi connectivity index (χ4n) is 5.30. The van der Waals surface area contributed by atoms with Crippen LogP contribution in [-0.2, 0) is 19.2 Å². The number of amides is 3. The molecule has 1 aliphatic carbocycles. The molecule has 3 aliphatic rings. The van der Waals surface area contributed by atoms with E-state index >= 15 is 0 Å². The summed E-state index contributed by atoms with van der Waals surface area (Å²) < 4.78 is 5.58. The number of fused-ring (bicyclic) bond motifs is 1. The van der Waals surface area contributed by atoms with Gasteiger partial charge in [0.25, 0.3) is 0 Å². The number of hydrogen-bond donors (Lipinski definition) is 0. The van der Waals surface area contributed by atoms with E-state index in [9.17, 15) is 19.2 Å². The Kier molecular flexibility index (Phi) is 5.97. The highest BCUT2D eigenvalue weighted by Crippen LogP contribution is 2.41. The predicted molar refractivity (Wildman–Crippen MR) is 131 cm³/mol. The molecule has 8 heteroatoms. The van der Waals surface area contributed by atoms with E-state index in [0.29, 0.717) is 34.1 Å². The minimum absolute atomic E-state index is 0.00943. The van der Waals surface area contributed by atoms with Crippen LogP contribution in [0.3, 0.4) is 0 Å². The molecule has 2 heterocycles. The molecule has 3 amide bonds. The molecule has 5 rings (SSSR count). The van der Waals surface area contributed by atoms with E-state index in [2.05, 4.69) is 0 Å². The van der Waals surface area contributed by atoms with Crippen molar-refractivity contribution >= 4 is 46.7 Å². The Bertz CT molecular complexity index is 1270. The average Bonchev–Trinajstić information content (AvgIpc) is 3.33. The Morgan fingerprint density at radius 1 is 1.06 bits per heavy atom. The van der Waals surface area contributed by atoms with Crippen molar-refractivity contribution in [3.63, 3.8) is 0 Å². The van der Waals surface area contributed by atoms with Crippen LogP contribution < -0.4 is 14.5 Å². The van der Waals surface area contributed by atoms with E-state index in [-0.39, 0.29) is 48.4 Å². The number of imide groups is 1. The van der Waals surface area contributed by atoms with Gasteiger partial charge in [0.2, 0.25) is 17.7 Å². The van der Waals surface area contributed by atoms with Crippen LogP contribution in [0.2, 0.25) is 5.02 Å². The number of ether oxygens (including phenoxy) is 1. The number of nitrogens with zero attached hydrogens (tertiary/aromatic N) is 2. The Balaban J connectivity index is 1.30. The lowest BCUT2D eigenvalue weighted by Gasteiger charge is -2.22. The van der Waals surface area contributed by atoms with Gasteiger partial charge in [-0.25, -0.2) is 4.90 Å². The van der Waals surface area contributed by atoms with Crippen LogP contribution in [0.4, 0.5) is 11.4 Å². The topological polar surface area (TPSA) is 84.0 Å². The summed E-state index contributed by atoms with van der Waals surface area (Å²) in [6, 6.07) is 11.9. The van der Waals surface area contributed by atoms with Crippen molar-refractivity contribution in [1.82, 2.24) is 0 Å².